The van der Waals surface area contributed by atoms with Gasteiger partial charge in [-0.3, -0.25) is 9.78 Å². The van der Waals surface area contributed by atoms with E-state index in [9.17, 15) is 4.79 Å². The first kappa shape index (κ1) is 14.7. The molecule has 0 unspecified atom stereocenters. The lowest BCUT2D eigenvalue weighted by molar-refractivity contribution is 0.0708. The average Bonchev–Trinajstić information content (AvgIpc) is 2.28. The van der Waals surface area contributed by atoms with Crippen molar-refractivity contribution in [3.63, 3.8) is 0 Å². The number of rotatable bonds is 1. The average molecular weight is 368 g/mol. The minimum Gasteiger partial charge on any atom is -0.336 e. The van der Waals surface area contributed by atoms with Crippen molar-refractivity contribution < 1.29 is 4.79 Å². The second-order valence-corrected chi connectivity index (χ2v) is 5.24. The normalized spacial score (nSPS) is 19.6. The van der Waals surface area contributed by atoms with E-state index in [1.807, 2.05) is 11.0 Å². The van der Waals surface area contributed by atoms with E-state index in [1.165, 1.54) is 0 Å². The van der Waals surface area contributed by atoms with Gasteiger partial charge in [-0.25, -0.2) is 0 Å². The maximum Gasteiger partial charge on any atom is 0.255 e. The van der Waals surface area contributed by atoms with Gasteiger partial charge < -0.3 is 10.2 Å². The van der Waals surface area contributed by atoms with Crippen LogP contribution in [0.2, 0.25) is 0 Å². The molecule has 1 amide bonds. The molecule has 4 nitrogen and oxygen atoms in total. The van der Waals surface area contributed by atoms with E-state index in [0.29, 0.717) is 11.6 Å². The molecule has 0 bridgehead atoms. The third-order valence-corrected chi connectivity index (χ3v) is 3.20. The van der Waals surface area contributed by atoms with Crippen LogP contribution in [0.3, 0.4) is 0 Å². The Morgan fingerprint density at radius 2 is 2.35 bits per heavy atom. The Bertz CT molecular complexity index is 402. The molecule has 1 aliphatic heterocycles. The molecule has 0 radical (unpaired) electrons. The van der Waals surface area contributed by atoms with Gasteiger partial charge >= 0.3 is 0 Å². The topological polar surface area (TPSA) is 45.2 Å². The van der Waals surface area contributed by atoms with Crippen LogP contribution in [0, 0.1) is 3.57 Å². The summed E-state index contributed by atoms with van der Waals surface area (Å²) in [6.07, 6.45) is 3.38. The fraction of sp³-hybridized carbons (Fsp3) is 0.455. The monoisotopic (exact) mass is 367 g/mol. The molecule has 0 aromatic carbocycles. The first-order valence-electron chi connectivity index (χ1n) is 5.30. The third-order valence-electron chi connectivity index (χ3n) is 2.61. The molecule has 0 spiro atoms. The van der Waals surface area contributed by atoms with Gasteiger partial charge in [0.25, 0.3) is 5.91 Å². The predicted octanol–water partition coefficient (Wildman–Crippen LogP) is 1.54. The molecule has 1 aliphatic rings. The molecule has 0 saturated carbocycles. The van der Waals surface area contributed by atoms with Gasteiger partial charge in [-0.05, 0) is 35.6 Å². The minimum atomic E-state index is 0. The highest BCUT2D eigenvalue weighted by molar-refractivity contribution is 14.1. The van der Waals surface area contributed by atoms with Gasteiger partial charge in [-0.15, -0.1) is 12.4 Å². The summed E-state index contributed by atoms with van der Waals surface area (Å²) < 4.78 is 0.992. The number of amides is 1. The Hall–Kier alpha value is -0.400. The van der Waals surface area contributed by atoms with E-state index >= 15 is 0 Å². The molecule has 0 aliphatic carbocycles. The van der Waals surface area contributed by atoms with Gasteiger partial charge in [0.1, 0.15) is 0 Å². The van der Waals surface area contributed by atoms with Crippen molar-refractivity contribution in [3.8, 4) is 0 Å². The Kier molecular flexibility index (Phi) is 5.61. The Labute approximate surface area is 121 Å². The molecule has 2 heterocycles. The maximum atomic E-state index is 12.2. The van der Waals surface area contributed by atoms with E-state index in [2.05, 4.69) is 39.8 Å². The molecule has 1 aromatic rings. The number of piperazine rings is 1. The number of hydrogen-bond donors (Lipinski definition) is 1. The second-order valence-electron chi connectivity index (χ2n) is 4.00. The molecule has 2 rings (SSSR count). The lowest BCUT2D eigenvalue weighted by atomic mass is 10.2. The number of pyridine rings is 1. The summed E-state index contributed by atoms with van der Waals surface area (Å²) in [5, 5.41) is 3.32. The van der Waals surface area contributed by atoms with E-state index in [0.717, 1.165) is 23.2 Å². The highest BCUT2D eigenvalue weighted by Gasteiger charge is 2.21. The smallest absolute Gasteiger partial charge is 0.255 e. The number of carbonyl (C=O) groups is 1. The third kappa shape index (κ3) is 3.79. The van der Waals surface area contributed by atoms with Crippen LogP contribution in [0.15, 0.2) is 18.5 Å². The van der Waals surface area contributed by atoms with Gasteiger partial charge in [0.15, 0.2) is 0 Å². The summed E-state index contributed by atoms with van der Waals surface area (Å²) in [6, 6.07) is 2.25. The molecule has 1 fully saturated rings. The lowest BCUT2D eigenvalue weighted by Gasteiger charge is -2.31. The van der Waals surface area contributed by atoms with Gasteiger partial charge in [-0.1, -0.05) is 0 Å². The first-order valence-corrected chi connectivity index (χ1v) is 6.38. The van der Waals surface area contributed by atoms with Gasteiger partial charge in [-0.2, -0.15) is 0 Å². The van der Waals surface area contributed by atoms with E-state index in [-0.39, 0.29) is 18.3 Å². The van der Waals surface area contributed by atoms with Crippen LogP contribution in [0.1, 0.15) is 17.3 Å². The summed E-state index contributed by atoms with van der Waals surface area (Å²) in [6.45, 7) is 4.50. The first-order chi connectivity index (χ1) is 7.66. The Morgan fingerprint density at radius 1 is 1.59 bits per heavy atom. The zero-order chi connectivity index (χ0) is 11.5. The Balaban J connectivity index is 0.00000144. The standard InChI is InChI=1S/C11H14IN3O.ClH/c1-8-7-15(3-2-14-8)11(16)9-4-10(12)6-13-5-9;/h4-6,8,14H,2-3,7H2,1H3;1H/t8-;/m1./s1. The summed E-state index contributed by atoms with van der Waals surface area (Å²) in [7, 11) is 0. The zero-order valence-corrected chi connectivity index (χ0v) is 12.5. The quantitative estimate of drug-likeness (QED) is 0.766. The number of aromatic nitrogens is 1. The van der Waals surface area contributed by atoms with E-state index in [4.69, 9.17) is 0 Å². The molecule has 1 N–H and O–H groups in total. The van der Waals surface area contributed by atoms with Crippen LogP contribution in [0.4, 0.5) is 0 Å². The fourth-order valence-electron chi connectivity index (χ4n) is 1.83. The maximum absolute atomic E-state index is 12.2. The highest BCUT2D eigenvalue weighted by atomic mass is 127. The molecule has 6 heteroatoms. The zero-order valence-electron chi connectivity index (χ0n) is 9.52. The molecule has 17 heavy (non-hydrogen) atoms. The second kappa shape index (κ2) is 6.51. The lowest BCUT2D eigenvalue weighted by Crippen LogP contribution is -2.51. The van der Waals surface area contributed by atoms with Gasteiger partial charge in [0.2, 0.25) is 0 Å². The van der Waals surface area contributed by atoms with Gasteiger partial charge in [0, 0.05) is 41.6 Å². The number of nitrogens with zero attached hydrogens (tertiary/aromatic N) is 2. The largest absolute Gasteiger partial charge is 0.336 e. The molecular weight excluding hydrogens is 352 g/mol. The SMILES string of the molecule is C[C@@H]1CN(C(=O)c2cncc(I)c2)CCN1.Cl. The summed E-state index contributed by atoms with van der Waals surface area (Å²) in [5.74, 6) is 0.0827. The molecule has 94 valence electrons. The number of hydrogen-bond acceptors (Lipinski definition) is 3. The van der Waals surface area contributed by atoms with Crippen molar-refractivity contribution in [2.45, 2.75) is 13.0 Å². The molecular formula is C11H15ClIN3O. The van der Waals surface area contributed by atoms with Crippen LogP contribution in [0.5, 0.6) is 0 Å². The summed E-state index contributed by atoms with van der Waals surface area (Å²) in [5.41, 5.74) is 0.681. The summed E-state index contributed by atoms with van der Waals surface area (Å²) >= 11 is 2.17. The number of carbonyl (C=O) groups excluding carboxylic acids is 1. The molecule has 1 atom stereocenters. The predicted molar refractivity (Wildman–Crippen MR) is 77.6 cm³/mol. The van der Waals surface area contributed by atoms with Crippen molar-refractivity contribution in [2.75, 3.05) is 19.6 Å². The van der Waals surface area contributed by atoms with Crippen molar-refractivity contribution >= 4 is 40.9 Å². The van der Waals surface area contributed by atoms with Crippen molar-refractivity contribution in [3.05, 3.63) is 27.6 Å². The van der Waals surface area contributed by atoms with Crippen LogP contribution in [-0.2, 0) is 0 Å². The number of nitrogens with one attached hydrogen (secondary N) is 1. The van der Waals surface area contributed by atoms with Crippen LogP contribution in [-0.4, -0.2) is 41.5 Å². The Morgan fingerprint density at radius 3 is 3.00 bits per heavy atom. The van der Waals surface area contributed by atoms with E-state index < -0.39 is 0 Å². The van der Waals surface area contributed by atoms with Crippen molar-refractivity contribution in [1.29, 1.82) is 0 Å². The van der Waals surface area contributed by atoms with Crippen molar-refractivity contribution in [1.82, 2.24) is 15.2 Å². The molecule has 1 saturated heterocycles. The fourth-order valence-corrected chi connectivity index (χ4v) is 2.32. The van der Waals surface area contributed by atoms with Crippen molar-refractivity contribution in [2.24, 2.45) is 0 Å². The summed E-state index contributed by atoms with van der Waals surface area (Å²) in [4.78, 5) is 18.1. The highest BCUT2D eigenvalue weighted by Crippen LogP contribution is 2.10. The minimum absolute atomic E-state index is 0. The van der Waals surface area contributed by atoms with Crippen LogP contribution in [0.25, 0.3) is 0 Å². The van der Waals surface area contributed by atoms with E-state index in [1.54, 1.807) is 12.4 Å². The van der Waals surface area contributed by atoms with Crippen LogP contribution >= 0.6 is 35.0 Å². The van der Waals surface area contributed by atoms with Gasteiger partial charge in [0.05, 0.1) is 5.56 Å². The molecule has 1 aromatic heterocycles. The van der Waals surface area contributed by atoms with Crippen LogP contribution < -0.4 is 5.32 Å². The number of halogens is 2.